The van der Waals surface area contributed by atoms with Crippen LogP contribution in [0, 0.1) is 0 Å². The van der Waals surface area contributed by atoms with E-state index in [4.69, 9.17) is 39.3 Å². The van der Waals surface area contributed by atoms with Gasteiger partial charge in [-0.15, -0.1) is 33.5 Å². The number of benzene rings is 4. The van der Waals surface area contributed by atoms with Gasteiger partial charge in [-0.2, -0.15) is 0 Å². The molecule has 0 amide bonds. The van der Waals surface area contributed by atoms with Gasteiger partial charge in [0.2, 0.25) is 0 Å². The van der Waals surface area contributed by atoms with Crippen LogP contribution < -0.4 is 15.2 Å². The molecule has 0 bridgehead atoms. The fourth-order valence-corrected chi connectivity index (χ4v) is 7.83. The molecule has 304 valence electrons. The Labute approximate surface area is 329 Å². The van der Waals surface area contributed by atoms with E-state index in [9.17, 15) is 21.9 Å². The van der Waals surface area contributed by atoms with Crippen LogP contribution in [0.4, 0.5) is 28.4 Å². The van der Waals surface area contributed by atoms with Gasteiger partial charge in [-0.25, -0.2) is 32.6 Å². The van der Waals surface area contributed by atoms with Crippen LogP contribution in [0.1, 0.15) is 0 Å². The van der Waals surface area contributed by atoms with Crippen molar-refractivity contribution >= 4 is 95.6 Å². The van der Waals surface area contributed by atoms with Crippen molar-refractivity contribution in [3.05, 3.63) is 54.6 Å². The summed E-state index contributed by atoms with van der Waals surface area (Å²) in [6.45, 7) is -0.679. The van der Waals surface area contributed by atoms with Gasteiger partial charge in [0, 0.05) is 10.8 Å². The maximum Gasteiger partial charge on any atom is 0.197 e. The van der Waals surface area contributed by atoms with E-state index in [1.54, 1.807) is 0 Å². The fourth-order valence-electron chi connectivity index (χ4n) is 4.49. The summed E-state index contributed by atoms with van der Waals surface area (Å²) in [5.74, 6) is -1.24. The molecule has 0 fully saturated rings. The fraction of sp³-hybridized carbons (Fsp3) is 0.214. The molecule has 6 N–H and O–H groups in total. The van der Waals surface area contributed by atoms with E-state index in [2.05, 4.69) is 48.6 Å². The number of nitrogens with zero attached hydrogens (tertiary/aromatic N) is 4. The molecule has 0 aliphatic carbocycles. The van der Waals surface area contributed by atoms with Crippen molar-refractivity contribution in [1.82, 2.24) is 0 Å². The van der Waals surface area contributed by atoms with E-state index in [1.807, 2.05) is 0 Å². The third-order valence-corrected chi connectivity index (χ3v) is 11.7. The van der Waals surface area contributed by atoms with E-state index in [0.717, 1.165) is 0 Å². The van der Waals surface area contributed by atoms with Crippen LogP contribution in [0.25, 0.3) is 10.8 Å². The van der Waals surface area contributed by atoms with Crippen molar-refractivity contribution < 1.29 is 83.7 Å². The van der Waals surface area contributed by atoms with Crippen LogP contribution in [0.15, 0.2) is 89.7 Å². The smallest absolute Gasteiger partial charge is 0.197 e. The number of phenolic OH excluding ortho intramolecular Hbond substituents is 1. The molecule has 0 aromatic heterocycles. The predicted molar refractivity (Wildman–Crippen MR) is 196 cm³/mol. The van der Waals surface area contributed by atoms with Gasteiger partial charge in [0.15, 0.2) is 50.1 Å². The number of nitrogens with two attached hydrogens (primary N) is 1. The number of fused-ring (bicyclic) bond motifs is 1. The van der Waals surface area contributed by atoms with Crippen molar-refractivity contribution in [1.29, 1.82) is 0 Å². The summed E-state index contributed by atoms with van der Waals surface area (Å²) in [4.78, 5) is -0.373. The minimum Gasteiger partial charge on any atom is -0.505 e. The molecule has 0 aliphatic heterocycles. The number of anilines is 1. The van der Waals surface area contributed by atoms with Gasteiger partial charge in [0.05, 0.1) is 71.4 Å². The lowest BCUT2D eigenvalue weighted by atomic mass is 10.1. The molecule has 0 saturated carbocycles. The maximum absolute atomic E-state index is 12.9. The number of aromatic hydroxyl groups is 1. The summed E-state index contributed by atoms with van der Waals surface area (Å²) >= 11 is 0.827. The zero-order valence-corrected chi connectivity index (χ0v) is 32.5. The number of hydrogen-bond acceptors (Lipinski definition) is 26. The number of phenols is 1. The van der Waals surface area contributed by atoms with Crippen molar-refractivity contribution in [2.45, 2.75) is 14.7 Å². The minimum atomic E-state index is -3.95. The predicted octanol–water partition coefficient (Wildman–Crippen LogP) is 6.95. The highest BCUT2D eigenvalue weighted by Crippen LogP contribution is 2.48. The van der Waals surface area contributed by atoms with E-state index < -0.39 is 36.9 Å². The molecule has 0 radical (unpaired) electrons. The van der Waals surface area contributed by atoms with Gasteiger partial charge in [-0.1, -0.05) is 15.1 Å². The van der Waals surface area contributed by atoms with E-state index in [-0.39, 0.29) is 103 Å². The molecule has 4 rings (SSSR count). The van der Waals surface area contributed by atoms with Crippen LogP contribution in [0.3, 0.4) is 0 Å². The number of azo groups is 2. The highest BCUT2D eigenvalue weighted by molar-refractivity contribution is 7.94. The Balaban J connectivity index is 1.73. The number of hydrogen-bond donors (Lipinski definition) is 5. The summed E-state index contributed by atoms with van der Waals surface area (Å²) in [5, 5.41) is 64.1. The molecule has 0 aliphatic rings. The highest BCUT2D eigenvalue weighted by Gasteiger charge is 2.22. The lowest BCUT2D eigenvalue weighted by Crippen LogP contribution is -2.11. The quantitative estimate of drug-likeness (QED) is 0.0126. The van der Waals surface area contributed by atoms with Crippen LogP contribution in [-0.4, -0.2) is 76.7 Å². The van der Waals surface area contributed by atoms with Crippen molar-refractivity contribution in [2.24, 2.45) is 20.5 Å². The molecule has 0 unspecified atom stereocenters. The van der Waals surface area contributed by atoms with Crippen LogP contribution in [0.2, 0.25) is 0 Å². The van der Waals surface area contributed by atoms with Crippen molar-refractivity contribution in [3.63, 3.8) is 0 Å². The van der Waals surface area contributed by atoms with E-state index in [0.29, 0.717) is 12.0 Å². The molecule has 4 aromatic rings. The second-order valence-corrected chi connectivity index (χ2v) is 16.1. The SMILES string of the molecule is COc1ccc(S(=O)(=O)CCOSOOO)cc1N=Nc1c(SOOO)cc2c(N=Nc3cc(S(=O)(=O)CCOSOOO)ccc3OC)c(N)ccc2c1O. The second-order valence-electron chi connectivity index (χ2n) is 10.2. The summed E-state index contributed by atoms with van der Waals surface area (Å²) in [7, 11) is -5.24. The number of nitrogen functional groups attached to an aromatic ring is 1. The van der Waals surface area contributed by atoms with Crippen molar-refractivity contribution in [3.8, 4) is 17.2 Å². The number of rotatable bonds is 23. The van der Waals surface area contributed by atoms with Crippen LogP contribution in [-0.2, 0) is 56.2 Å². The van der Waals surface area contributed by atoms with Gasteiger partial charge in [0.25, 0.3) is 0 Å². The monoisotopic (exact) mass is 883 g/mol. The van der Waals surface area contributed by atoms with Gasteiger partial charge >= 0.3 is 0 Å². The van der Waals surface area contributed by atoms with Crippen LogP contribution >= 0.6 is 36.7 Å². The first-order valence-electron chi connectivity index (χ1n) is 14.8. The third-order valence-electron chi connectivity index (χ3n) is 7.01. The molecular formula is C28H29N5O18S5. The summed E-state index contributed by atoms with van der Waals surface area (Å²) in [6.07, 6.45) is 0. The Morgan fingerprint density at radius 3 is 1.62 bits per heavy atom. The topological polar surface area (TPSA) is 317 Å². The Hall–Kier alpha value is -3.95. The van der Waals surface area contributed by atoms with Gasteiger partial charge in [0.1, 0.15) is 34.2 Å². The minimum absolute atomic E-state index is 0.00250. The zero-order chi connectivity index (χ0) is 40.7. The summed E-state index contributed by atoms with van der Waals surface area (Å²) in [5.41, 5.74) is 6.00. The highest BCUT2D eigenvalue weighted by atomic mass is 32.2. The second kappa shape index (κ2) is 21.5. The Bertz CT molecular complexity index is 2250. The van der Waals surface area contributed by atoms with Gasteiger partial charge in [-0.3, -0.25) is 8.37 Å². The summed E-state index contributed by atoms with van der Waals surface area (Å²) < 4.78 is 84.8. The molecule has 28 heteroatoms. The molecule has 0 heterocycles. The summed E-state index contributed by atoms with van der Waals surface area (Å²) in [6, 6.07) is 11.8. The molecule has 23 nitrogen and oxygen atoms in total. The largest absolute Gasteiger partial charge is 0.505 e. The first-order valence-corrected chi connectivity index (χ1v) is 20.2. The van der Waals surface area contributed by atoms with Gasteiger partial charge < -0.3 is 20.3 Å². The third kappa shape index (κ3) is 11.8. The molecule has 0 atom stereocenters. The Morgan fingerprint density at radius 1 is 0.643 bits per heavy atom. The van der Waals surface area contributed by atoms with Gasteiger partial charge in [-0.05, 0) is 54.6 Å². The first-order chi connectivity index (χ1) is 26.9. The normalized spacial score (nSPS) is 12.3. The van der Waals surface area contributed by atoms with Crippen molar-refractivity contribution in [2.75, 3.05) is 44.7 Å². The average Bonchev–Trinajstić information content (AvgIpc) is 3.18. The zero-order valence-electron chi connectivity index (χ0n) is 28.4. The molecule has 56 heavy (non-hydrogen) atoms. The van der Waals surface area contributed by atoms with E-state index >= 15 is 0 Å². The number of methoxy groups -OCH3 is 2. The number of sulfone groups is 2. The van der Waals surface area contributed by atoms with Crippen LogP contribution in [0.5, 0.6) is 17.2 Å². The number of ether oxygens (including phenoxy) is 2. The lowest BCUT2D eigenvalue weighted by molar-refractivity contribution is -0.434. The molecule has 0 saturated heterocycles. The van der Waals surface area contributed by atoms with E-state index in [1.165, 1.54) is 68.8 Å². The standard InChI is InChI=1S/C28H29N5O18S5/c1-42-23-7-3-16(55(38,39)11-9-44-53-50-47-36)13-21(23)30-32-26-19-15-25(52-49-46-35)27(28(34)18(19)5-6-20(26)29)33-31-22-14-17(4-8-24(22)43-2)56(40,41)12-10-45-54-51-48-37/h3-8,13-15,34-37H,9-12,29H2,1-2H3. The average molecular weight is 884 g/mol. The Kier molecular flexibility index (Phi) is 17.2. The first kappa shape index (κ1) is 44.8. The lowest BCUT2D eigenvalue weighted by Gasteiger charge is -2.12. The Morgan fingerprint density at radius 2 is 1.14 bits per heavy atom. The molecule has 4 aromatic carbocycles. The maximum atomic E-state index is 12.9. The molecule has 0 spiro atoms. The molecular weight excluding hydrogens is 855 g/mol.